The SMILES string of the molecule is C.CN=P(C)(Oc1ccc(CCC(=O)O)cc1)Oc1ccc(CCC(=O)O)cc1. The molecule has 0 unspecified atom stereocenters. The van der Waals surface area contributed by atoms with Gasteiger partial charge < -0.3 is 19.3 Å². The van der Waals surface area contributed by atoms with E-state index >= 15 is 0 Å². The van der Waals surface area contributed by atoms with Gasteiger partial charge in [-0.1, -0.05) is 31.7 Å². The first kappa shape index (κ1) is 24.2. The molecule has 0 amide bonds. The number of nitrogens with zero attached hydrogens (tertiary/aromatic N) is 1. The zero-order valence-electron chi connectivity index (χ0n) is 15.9. The van der Waals surface area contributed by atoms with Crippen molar-refractivity contribution in [3.8, 4) is 11.5 Å². The van der Waals surface area contributed by atoms with Crippen molar-refractivity contribution in [2.24, 2.45) is 4.74 Å². The van der Waals surface area contributed by atoms with Crippen LogP contribution in [-0.2, 0) is 22.4 Å². The summed E-state index contributed by atoms with van der Waals surface area (Å²) in [5.74, 6) is -0.464. The lowest BCUT2D eigenvalue weighted by molar-refractivity contribution is -0.138. The molecule has 2 aromatic carbocycles. The lowest BCUT2D eigenvalue weighted by Crippen LogP contribution is -2.01. The maximum Gasteiger partial charge on any atom is 0.310 e. The molecule has 0 spiro atoms. The summed E-state index contributed by atoms with van der Waals surface area (Å²) in [6, 6.07) is 14.4. The topological polar surface area (TPSA) is 105 Å². The summed E-state index contributed by atoms with van der Waals surface area (Å²) in [7, 11) is -0.914. The van der Waals surface area contributed by atoms with E-state index < -0.39 is 19.4 Å². The number of hydrogen-bond donors (Lipinski definition) is 2. The molecule has 0 fully saturated rings. The number of carboxylic acid groups (broad SMARTS) is 2. The molecule has 0 aliphatic heterocycles. The van der Waals surface area contributed by atoms with E-state index in [9.17, 15) is 9.59 Å². The molecule has 7 nitrogen and oxygen atoms in total. The van der Waals surface area contributed by atoms with E-state index in [1.54, 1.807) is 38.0 Å². The van der Waals surface area contributed by atoms with Crippen molar-refractivity contribution in [1.82, 2.24) is 0 Å². The summed E-state index contributed by atoms with van der Waals surface area (Å²) < 4.78 is 16.2. The lowest BCUT2D eigenvalue weighted by Gasteiger charge is -2.21. The Labute approximate surface area is 171 Å². The van der Waals surface area contributed by atoms with Gasteiger partial charge in [-0.3, -0.25) is 9.59 Å². The van der Waals surface area contributed by atoms with Gasteiger partial charge in [0.1, 0.15) is 11.5 Å². The number of aliphatic carboxylic acids is 2. The van der Waals surface area contributed by atoms with E-state index in [2.05, 4.69) is 4.74 Å². The highest BCUT2D eigenvalue weighted by Crippen LogP contribution is 2.47. The molecule has 2 N–H and O–H groups in total. The van der Waals surface area contributed by atoms with Crippen molar-refractivity contribution in [3.63, 3.8) is 0 Å². The summed E-state index contributed by atoms with van der Waals surface area (Å²) in [6.45, 7) is 1.80. The molecule has 0 aliphatic carbocycles. The highest BCUT2D eigenvalue weighted by atomic mass is 31.2. The number of carboxylic acids is 2. The highest BCUT2D eigenvalue weighted by molar-refractivity contribution is 7.56. The first-order valence-corrected chi connectivity index (χ1v) is 10.8. The van der Waals surface area contributed by atoms with E-state index in [0.29, 0.717) is 24.3 Å². The lowest BCUT2D eigenvalue weighted by atomic mass is 10.1. The molecule has 0 saturated carbocycles. The van der Waals surface area contributed by atoms with Crippen molar-refractivity contribution < 1.29 is 28.8 Å². The average Bonchev–Trinajstić information content (AvgIpc) is 2.67. The van der Waals surface area contributed by atoms with E-state index in [-0.39, 0.29) is 20.3 Å². The van der Waals surface area contributed by atoms with Crippen LogP contribution in [-0.4, -0.2) is 35.9 Å². The van der Waals surface area contributed by atoms with Gasteiger partial charge in [-0.2, -0.15) is 0 Å². The fraction of sp³-hybridized carbons (Fsp3) is 0.333. The maximum atomic E-state index is 10.7. The molecule has 2 aromatic rings. The van der Waals surface area contributed by atoms with Crippen LogP contribution in [0.15, 0.2) is 53.3 Å². The van der Waals surface area contributed by atoms with Gasteiger partial charge >= 0.3 is 19.4 Å². The summed E-state index contributed by atoms with van der Waals surface area (Å²) in [5.41, 5.74) is 1.84. The van der Waals surface area contributed by atoms with Crippen molar-refractivity contribution in [2.45, 2.75) is 33.1 Å². The predicted molar refractivity (Wildman–Crippen MR) is 114 cm³/mol. The van der Waals surface area contributed by atoms with Crippen LogP contribution >= 0.6 is 7.51 Å². The number of benzene rings is 2. The van der Waals surface area contributed by atoms with Gasteiger partial charge in [0.05, 0.1) is 0 Å². The molecule has 0 atom stereocenters. The second kappa shape index (κ2) is 11.3. The van der Waals surface area contributed by atoms with Crippen LogP contribution < -0.4 is 9.05 Å². The monoisotopic (exact) mass is 421 g/mol. The Kier molecular flexibility index (Phi) is 9.42. The standard InChI is InChI=1S/C20H24NO6P.CH4/c1-21-28(2,26-17-9-3-15(4-10-17)7-13-19(22)23)27-18-11-5-16(6-12-18)8-14-20(24)25;/h3-6,9-12H,7-8,13-14H2,1-2H3,(H,22,23)(H,24,25);1H4. The van der Waals surface area contributed by atoms with E-state index in [1.807, 2.05) is 24.3 Å². The van der Waals surface area contributed by atoms with Crippen LogP contribution in [0.1, 0.15) is 31.4 Å². The molecule has 0 heterocycles. The van der Waals surface area contributed by atoms with Crippen LogP contribution in [0.4, 0.5) is 0 Å². The Morgan fingerprint density at radius 1 is 0.828 bits per heavy atom. The first-order valence-electron chi connectivity index (χ1n) is 8.78. The first-order chi connectivity index (χ1) is 13.3. The van der Waals surface area contributed by atoms with Crippen LogP contribution in [0.2, 0.25) is 0 Å². The Hall–Kier alpha value is -2.79. The Balaban J connectivity index is 0.00000420. The zero-order chi connectivity index (χ0) is 20.6. The largest absolute Gasteiger partial charge is 0.481 e. The summed E-state index contributed by atoms with van der Waals surface area (Å²) in [6.07, 6.45) is 1.09. The van der Waals surface area contributed by atoms with Gasteiger partial charge in [-0.15, -0.1) is 0 Å². The van der Waals surface area contributed by atoms with Crippen molar-refractivity contribution in [3.05, 3.63) is 59.7 Å². The Morgan fingerprint density at radius 3 is 1.45 bits per heavy atom. The van der Waals surface area contributed by atoms with E-state index in [1.165, 1.54) is 0 Å². The normalized spacial score (nSPS) is 10.6. The molecule has 158 valence electrons. The maximum absolute atomic E-state index is 10.7. The predicted octanol–water partition coefficient (Wildman–Crippen LogP) is 5.11. The summed E-state index contributed by atoms with van der Waals surface area (Å²) in [5, 5.41) is 17.5. The summed E-state index contributed by atoms with van der Waals surface area (Å²) in [4.78, 5) is 21.3. The second-order valence-corrected chi connectivity index (χ2v) is 8.63. The van der Waals surface area contributed by atoms with Crippen molar-refractivity contribution >= 4 is 19.4 Å². The van der Waals surface area contributed by atoms with Crippen LogP contribution in [0, 0.1) is 0 Å². The number of hydrogen-bond acceptors (Lipinski definition) is 5. The molecule has 0 radical (unpaired) electrons. The average molecular weight is 421 g/mol. The van der Waals surface area contributed by atoms with Gasteiger partial charge in [0, 0.05) is 26.6 Å². The van der Waals surface area contributed by atoms with E-state index in [4.69, 9.17) is 19.3 Å². The van der Waals surface area contributed by atoms with Crippen LogP contribution in [0.5, 0.6) is 11.5 Å². The van der Waals surface area contributed by atoms with Crippen molar-refractivity contribution in [2.75, 3.05) is 13.7 Å². The minimum atomic E-state index is -2.55. The highest BCUT2D eigenvalue weighted by Gasteiger charge is 2.17. The molecular formula is C21H28NO6P. The van der Waals surface area contributed by atoms with Gasteiger partial charge in [0.2, 0.25) is 0 Å². The molecule has 0 aliphatic rings. The van der Waals surface area contributed by atoms with Gasteiger partial charge in [-0.05, 0) is 48.2 Å². The fourth-order valence-corrected chi connectivity index (χ4v) is 3.65. The summed E-state index contributed by atoms with van der Waals surface area (Å²) >= 11 is 0. The van der Waals surface area contributed by atoms with Gasteiger partial charge in [0.25, 0.3) is 0 Å². The Morgan fingerprint density at radius 2 is 1.17 bits per heavy atom. The molecule has 0 saturated heterocycles. The molecular weight excluding hydrogens is 393 g/mol. The van der Waals surface area contributed by atoms with Crippen LogP contribution in [0.25, 0.3) is 0 Å². The number of carbonyl (C=O) groups is 2. The zero-order valence-corrected chi connectivity index (χ0v) is 16.8. The Bertz CT molecular complexity index is 794. The molecule has 0 bridgehead atoms. The molecule has 2 rings (SSSR count). The molecule has 29 heavy (non-hydrogen) atoms. The second-order valence-electron chi connectivity index (χ2n) is 6.26. The third-order valence-electron chi connectivity index (χ3n) is 4.01. The van der Waals surface area contributed by atoms with Crippen molar-refractivity contribution in [1.29, 1.82) is 0 Å². The van der Waals surface area contributed by atoms with Crippen LogP contribution in [0.3, 0.4) is 0 Å². The number of aryl methyl sites for hydroxylation is 2. The van der Waals surface area contributed by atoms with Gasteiger partial charge in [0.15, 0.2) is 0 Å². The third-order valence-corrected chi connectivity index (χ3v) is 5.84. The molecule has 8 heteroatoms. The quantitative estimate of drug-likeness (QED) is 0.517. The van der Waals surface area contributed by atoms with Gasteiger partial charge in [-0.25, -0.2) is 4.74 Å². The minimum absolute atomic E-state index is 0. The number of rotatable bonds is 10. The van der Waals surface area contributed by atoms with E-state index in [0.717, 1.165) is 11.1 Å². The smallest absolute Gasteiger partial charge is 0.310 e. The minimum Gasteiger partial charge on any atom is -0.481 e. The fourth-order valence-electron chi connectivity index (χ4n) is 2.43. The third kappa shape index (κ3) is 8.40. The molecule has 0 aromatic heterocycles.